The summed E-state index contributed by atoms with van der Waals surface area (Å²) in [4.78, 5) is 12.0. The molecular formula is C13H20N4. The van der Waals surface area contributed by atoms with Gasteiger partial charge in [0.1, 0.15) is 5.82 Å². The highest BCUT2D eigenvalue weighted by atomic mass is 15.0. The fourth-order valence-electron chi connectivity index (χ4n) is 1.69. The first-order valence-corrected chi connectivity index (χ1v) is 5.93. The van der Waals surface area contributed by atoms with E-state index in [1.54, 1.807) is 6.20 Å². The van der Waals surface area contributed by atoms with Gasteiger partial charge < -0.3 is 10.7 Å². The van der Waals surface area contributed by atoms with Crippen molar-refractivity contribution in [3.8, 4) is 0 Å². The van der Waals surface area contributed by atoms with Gasteiger partial charge in [-0.2, -0.15) is 0 Å². The smallest absolute Gasteiger partial charge is 0.177 e. The van der Waals surface area contributed by atoms with Crippen LogP contribution in [0.4, 0.5) is 0 Å². The van der Waals surface area contributed by atoms with Crippen molar-refractivity contribution < 1.29 is 0 Å². The number of aromatic amines is 1. The molecule has 4 heteroatoms. The van der Waals surface area contributed by atoms with Crippen LogP contribution in [0, 0.1) is 12.3 Å². The Morgan fingerprint density at radius 1 is 1.41 bits per heavy atom. The Kier molecular flexibility index (Phi) is 2.91. The zero-order valence-corrected chi connectivity index (χ0v) is 10.9. The van der Waals surface area contributed by atoms with E-state index in [0.717, 1.165) is 29.0 Å². The van der Waals surface area contributed by atoms with Gasteiger partial charge in [-0.1, -0.05) is 20.8 Å². The molecule has 17 heavy (non-hydrogen) atoms. The second kappa shape index (κ2) is 4.11. The first-order chi connectivity index (χ1) is 7.88. The van der Waals surface area contributed by atoms with Gasteiger partial charge in [-0.25, -0.2) is 9.97 Å². The predicted octanol–water partition coefficient (Wildman–Crippen LogP) is 2.18. The molecule has 0 spiro atoms. The standard InChI is InChI=1S/C13H20N4/c1-8-5-6-15-12-11(8)16-10(17-12)7-9(14)13(2,3)4/h5-6,9H,7,14H2,1-4H3,(H,15,16,17). The molecule has 0 aliphatic rings. The van der Waals surface area contributed by atoms with Crippen LogP contribution in [-0.2, 0) is 6.42 Å². The molecule has 0 fully saturated rings. The summed E-state index contributed by atoms with van der Waals surface area (Å²) in [6, 6.07) is 2.07. The number of nitrogens with one attached hydrogen (secondary N) is 1. The van der Waals surface area contributed by atoms with E-state index in [1.807, 2.05) is 6.07 Å². The van der Waals surface area contributed by atoms with Crippen molar-refractivity contribution in [3.05, 3.63) is 23.7 Å². The minimum Gasteiger partial charge on any atom is -0.340 e. The van der Waals surface area contributed by atoms with Crippen LogP contribution >= 0.6 is 0 Å². The molecule has 2 heterocycles. The lowest BCUT2D eigenvalue weighted by Crippen LogP contribution is -2.37. The first kappa shape index (κ1) is 12.0. The van der Waals surface area contributed by atoms with E-state index < -0.39 is 0 Å². The minimum atomic E-state index is 0.0848. The number of fused-ring (bicyclic) bond motifs is 1. The van der Waals surface area contributed by atoms with Gasteiger partial charge in [0, 0.05) is 18.7 Å². The van der Waals surface area contributed by atoms with Crippen LogP contribution in [0.5, 0.6) is 0 Å². The number of hydrogen-bond donors (Lipinski definition) is 2. The van der Waals surface area contributed by atoms with Gasteiger partial charge in [0.25, 0.3) is 0 Å². The molecule has 0 aromatic carbocycles. The first-order valence-electron chi connectivity index (χ1n) is 5.93. The maximum atomic E-state index is 6.16. The highest BCUT2D eigenvalue weighted by Gasteiger charge is 2.22. The van der Waals surface area contributed by atoms with E-state index in [1.165, 1.54) is 0 Å². The molecule has 0 radical (unpaired) electrons. The highest BCUT2D eigenvalue weighted by Crippen LogP contribution is 2.21. The maximum absolute atomic E-state index is 6.16. The van der Waals surface area contributed by atoms with Gasteiger partial charge in [-0.05, 0) is 24.0 Å². The van der Waals surface area contributed by atoms with Crippen molar-refractivity contribution in [1.29, 1.82) is 0 Å². The molecule has 0 bridgehead atoms. The number of imidazole rings is 1. The molecule has 1 unspecified atom stereocenters. The Morgan fingerprint density at radius 2 is 2.12 bits per heavy atom. The molecule has 2 aromatic rings. The van der Waals surface area contributed by atoms with Crippen molar-refractivity contribution >= 4 is 11.2 Å². The molecule has 2 rings (SSSR count). The van der Waals surface area contributed by atoms with Crippen LogP contribution in [0.25, 0.3) is 11.2 Å². The van der Waals surface area contributed by atoms with Crippen molar-refractivity contribution in [2.24, 2.45) is 11.1 Å². The van der Waals surface area contributed by atoms with Crippen LogP contribution in [0.1, 0.15) is 32.2 Å². The molecule has 92 valence electrons. The third kappa shape index (κ3) is 2.47. The topological polar surface area (TPSA) is 67.6 Å². The lowest BCUT2D eigenvalue weighted by molar-refractivity contribution is 0.315. The zero-order chi connectivity index (χ0) is 12.6. The van der Waals surface area contributed by atoms with Crippen LogP contribution in [0.3, 0.4) is 0 Å². The molecule has 2 aromatic heterocycles. The fraction of sp³-hybridized carbons (Fsp3) is 0.538. The number of aryl methyl sites for hydroxylation is 1. The lowest BCUT2D eigenvalue weighted by atomic mass is 9.85. The largest absolute Gasteiger partial charge is 0.340 e. The summed E-state index contributed by atoms with van der Waals surface area (Å²) in [6.45, 7) is 8.48. The average Bonchev–Trinajstić information content (AvgIpc) is 2.60. The van der Waals surface area contributed by atoms with Gasteiger partial charge in [-0.15, -0.1) is 0 Å². The Labute approximate surface area is 102 Å². The van der Waals surface area contributed by atoms with Crippen molar-refractivity contribution in [1.82, 2.24) is 15.0 Å². The molecular weight excluding hydrogens is 212 g/mol. The van der Waals surface area contributed by atoms with Crippen LogP contribution in [0.2, 0.25) is 0 Å². The Hall–Kier alpha value is -1.42. The van der Waals surface area contributed by atoms with E-state index in [-0.39, 0.29) is 11.5 Å². The van der Waals surface area contributed by atoms with Gasteiger partial charge in [0.15, 0.2) is 5.65 Å². The Balaban J connectivity index is 2.29. The number of nitrogens with zero attached hydrogens (tertiary/aromatic N) is 2. The zero-order valence-electron chi connectivity index (χ0n) is 10.9. The second-order valence-electron chi connectivity index (χ2n) is 5.69. The molecule has 1 atom stereocenters. The molecule has 0 saturated heterocycles. The van der Waals surface area contributed by atoms with Crippen LogP contribution < -0.4 is 5.73 Å². The Bertz CT molecular complexity index is 522. The minimum absolute atomic E-state index is 0.0848. The lowest BCUT2D eigenvalue weighted by Gasteiger charge is -2.26. The van der Waals surface area contributed by atoms with Crippen LogP contribution in [0.15, 0.2) is 12.3 Å². The van der Waals surface area contributed by atoms with E-state index in [4.69, 9.17) is 5.73 Å². The van der Waals surface area contributed by atoms with E-state index >= 15 is 0 Å². The third-order valence-corrected chi connectivity index (χ3v) is 3.18. The van der Waals surface area contributed by atoms with Crippen LogP contribution in [-0.4, -0.2) is 21.0 Å². The molecule has 3 N–H and O–H groups in total. The highest BCUT2D eigenvalue weighted by molar-refractivity contribution is 5.74. The molecule has 0 amide bonds. The summed E-state index contributed by atoms with van der Waals surface area (Å²) in [5.74, 6) is 0.921. The summed E-state index contributed by atoms with van der Waals surface area (Å²) in [6.07, 6.45) is 2.53. The third-order valence-electron chi connectivity index (χ3n) is 3.18. The van der Waals surface area contributed by atoms with Crippen molar-refractivity contribution in [3.63, 3.8) is 0 Å². The molecule has 0 aliphatic carbocycles. The summed E-state index contributed by atoms with van der Waals surface area (Å²) < 4.78 is 0. The SMILES string of the molecule is Cc1ccnc2nc(CC(N)C(C)(C)C)[nH]c12. The number of nitrogens with two attached hydrogens (primary N) is 1. The van der Waals surface area contributed by atoms with E-state index in [0.29, 0.717) is 0 Å². The number of rotatable bonds is 2. The molecule has 4 nitrogen and oxygen atoms in total. The monoisotopic (exact) mass is 232 g/mol. The fourth-order valence-corrected chi connectivity index (χ4v) is 1.69. The Morgan fingerprint density at radius 3 is 2.71 bits per heavy atom. The normalized spacial score (nSPS) is 14.2. The van der Waals surface area contributed by atoms with Crippen molar-refractivity contribution in [2.75, 3.05) is 0 Å². The van der Waals surface area contributed by atoms with Gasteiger partial charge in [-0.3, -0.25) is 0 Å². The maximum Gasteiger partial charge on any atom is 0.177 e. The number of aromatic nitrogens is 3. The average molecular weight is 232 g/mol. The van der Waals surface area contributed by atoms with Gasteiger partial charge in [0.05, 0.1) is 5.52 Å². The van der Waals surface area contributed by atoms with Gasteiger partial charge >= 0.3 is 0 Å². The number of hydrogen-bond acceptors (Lipinski definition) is 3. The summed E-state index contributed by atoms with van der Waals surface area (Å²) in [5, 5.41) is 0. The number of H-pyrrole nitrogens is 1. The summed E-state index contributed by atoms with van der Waals surface area (Å²) >= 11 is 0. The summed E-state index contributed by atoms with van der Waals surface area (Å²) in [5.41, 5.74) is 9.21. The van der Waals surface area contributed by atoms with E-state index in [2.05, 4.69) is 42.6 Å². The molecule has 0 saturated carbocycles. The van der Waals surface area contributed by atoms with E-state index in [9.17, 15) is 0 Å². The quantitative estimate of drug-likeness (QED) is 0.834. The second-order valence-corrected chi connectivity index (χ2v) is 5.69. The van der Waals surface area contributed by atoms with Crippen molar-refractivity contribution in [2.45, 2.75) is 40.2 Å². The molecule has 0 aliphatic heterocycles. The predicted molar refractivity (Wildman–Crippen MR) is 69.8 cm³/mol. The number of pyridine rings is 1. The van der Waals surface area contributed by atoms with Gasteiger partial charge in [0.2, 0.25) is 0 Å². The summed E-state index contributed by atoms with van der Waals surface area (Å²) in [7, 11) is 0.